The predicted octanol–water partition coefficient (Wildman–Crippen LogP) is 2.92. The normalized spacial score (nSPS) is 20.7. The molecule has 2 atom stereocenters. The summed E-state index contributed by atoms with van der Waals surface area (Å²) in [6.45, 7) is 5.29. The second-order valence-corrected chi connectivity index (χ2v) is 8.71. The minimum Gasteiger partial charge on any atom is -0.493 e. The highest BCUT2D eigenvalue weighted by molar-refractivity contribution is 5.97. The SMILES string of the molecule is CC(=O)Nc1cc2c(-c3cc(OCCC(C)O)c4c(n3)C3(CCOC3)OCC4)c[nH]c2cn1. The van der Waals surface area contributed by atoms with Crippen molar-refractivity contribution in [3.05, 3.63) is 35.8 Å². The van der Waals surface area contributed by atoms with Crippen LogP contribution in [0.5, 0.6) is 5.75 Å². The molecule has 0 saturated carbocycles. The van der Waals surface area contributed by atoms with Gasteiger partial charge in [0.05, 0.1) is 49.0 Å². The molecule has 2 aliphatic rings. The molecule has 9 nitrogen and oxygen atoms in total. The standard InChI is InChI=1S/C24H28N4O5/c1-14(29)3-6-32-21-10-19(28-23-16(21)4-7-33-24(23)5-8-31-13-24)18-11-25-20-12-26-22(9-17(18)20)27-15(2)30/h9-12,14,25,29H,3-8,13H2,1-2H3,(H,26,27,30). The van der Waals surface area contributed by atoms with Gasteiger partial charge in [0.15, 0.2) is 0 Å². The molecule has 3 aromatic rings. The summed E-state index contributed by atoms with van der Waals surface area (Å²) in [5.74, 6) is 1.06. The van der Waals surface area contributed by atoms with E-state index in [4.69, 9.17) is 19.2 Å². The summed E-state index contributed by atoms with van der Waals surface area (Å²) in [4.78, 5) is 24.1. The van der Waals surface area contributed by atoms with Gasteiger partial charge in [-0.25, -0.2) is 9.97 Å². The lowest BCUT2D eigenvalue weighted by molar-refractivity contribution is -0.114. The number of hydrogen-bond acceptors (Lipinski definition) is 7. The number of amides is 1. The van der Waals surface area contributed by atoms with E-state index in [9.17, 15) is 9.90 Å². The Balaban J connectivity index is 1.62. The molecular weight excluding hydrogens is 424 g/mol. The zero-order valence-corrected chi connectivity index (χ0v) is 18.8. The molecule has 0 aliphatic carbocycles. The lowest BCUT2D eigenvalue weighted by Gasteiger charge is -2.34. The largest absolute Gasteiger partial charge is 0.493 e. The van der Waals surface area contributed by atoms with Crippen molar-refractivity contribution in [3.63, 3.8) is 0 Å². The molecule has 0 radical (unpaired) electrons. The van der Waals surface area contributed by atoms with Crippen molar-refractivity contribution in [1.29, 1.82) is 0 Å². The molecule has 2 aliphatic heterocycles. The number of ether oxygens (including phenoxy) is 3. The van der Waals surface area contributed by atoms with Gasteiger partial charge in [-0.1, -0.05) is 0 Å². The fourth-order valence-corrected chi connectivity index (χ4v) is 4.52. The van der Waals surface area contributed by atoms with Crippen LogP contribution in [0.2, 0.25) is 0 Å². The molecule has 1 fully saturated rings. The van der Waals surface area contributed by atoms with Gasteiger partial charge in [0.2, 0.25) is 5.91 Å². The zero-order valence-electron chi connectivity index (χ0n) is 18.8. The smallest absolute Gasteiger partial charge is 0.222 e. The number of carbonyl (C=O) groups is 1. The molecule has 5 rings (SSSR count). The lowest BCUT2D eigenvalue weighted by Crippen LogP contribution is -2.37. The molecule has 0 aromatic carbocycles. The van der Waals surface area contributed by atoms with Gasteiger partial charge < -0.3 is 29.6 Å². The van der Waals surface area contributed by atoms with Gasteiger partial charge in [-0.3, -0.25) is 4.79 Å². The molecule has 3 N–H and O–H groups in total. The van der Waals surface area contributed by atoms with E-state index in [0.717, 1.165) is 45.6 Å². The molecule has 1 amide bonds. The molecule has 2 unspecified atom stereocenters. The fourth-order valence-electron chi connectivity index (χ4n) is 4.52. The van der Waals surface area contributed by atoms with Crippen LogP contribution < -0.4 is 10.1 Å². The summed E-state index contributed by atoms with van der Waals surface area (Å²) in [7, 11) is 0. The van der Waals surface area contributed by atoms with Gasteiger partial charge in [-0.15, -0.1) is 0 Å². The highest BCUT2D eigenvalue weighted by Crippen LogP contribution is 2.43. The number of nitrogens with zero attached hydrogens (tertiary/aromatic N) is 2. The highest BCUT2D eigenvalue weighted by Gasteiger charge is 2.44. The Morgan fingerprint density at radius 1 is 1.39 bits per heavy atom. The number of pyridine rings is 2. The van der Waals surface area contributed by atoms with Crippen molar-refractivity contribution in [2.24, 2.45) is 0 Å². The van der Waals surface area contributed by atoms with Crippen LogP contribution in [0.1, 0.15) is 37.9 Å². The lowest BCUT2D eigenvalue weighted by atomic mass is 9.89. The molecule has 0 bridgehead atoms. The van der Waals surface area contributed by atoms with E-state index in [-0.39, 0.29) is 5.91 Å². The number of hydrogen-bond donors (Lipinski definition) is 3. The van der Waals surface area contributed by atoms with E-state index < -0.39 is 11.7 Å². The summed E-state index contributed by atoms with van der Waals surface area (Å²) in [6, 6.07) is 3.79. The number of anilines is 1. The third-order valence-electron chi connectivity index (χ3n) is 6.17. The topological polar surface area (TPSA) is 119 Å². The average Bonchev–Trinajstić information content (AvgIpc) is 3.41. The van der Waals surface area contributed by atoms with E-state index in [1.165, 1.54) is 6.92 Å². The van der Waals surface area contributed by atoms with Crippen LogP contribution in [0.3, 0.4) is 0 Å². The van der Waals surface area contributed by atoms with Crippen molar-refractivity contribution in [2.75, 3.05) is 31.7 Å². The van der Waals surface area contributed by atoms with E-state index in [1.807, 2.05) is 18.3 Å². The number of aromatic nitrogens is 3. The Hall–Kier alpha value is -3.01. The Morgan fingerprint density at radius 2 is 2.27 bits per heavy atom. The molecule has 1 spiro atoms. The van der Waals surface area contributed by atoms with Gasteiger partial charge in [0.25, 0.3) is 0 Å². The number of aromatic amines is 1. The molecular formula is C24H28N4O5. The summed E-state index contributed by atoms with van der Waals surface area (Å²) in [5.41, 5.74) is 3.79. The number of fused-ring (bicyclic) bond motifs is 3. The molecule has 5 heterocycles. The van der Waals surface area contributed by atoms with Gasteiger partial charge in [-0.2, -0.15) is 0 Å². The van der Waals surface area contributed by atoms with Gasteiger partial charge in [0, 0.05) is 61.6 Å². The maximum absolute atomic E-state index is 11.5. The van der Waals surface area contributed by atoms with Gasteiger partial charge >= 0.3 is 0 Å². The Labute approximate surface area is 191 Å². The van der Waals surface area contributed by atoms with Crippen LogP contribution in [0.4, 0.5) is 5.82 Å². The van der Waals surface area contributed by atoms with Gasteiger partial charge in [0.1, 0.15) is 17.2 Å². The zero-order chi connectivity index (χ0) is 23.0. The average molecular weight is 453 g/mol. The van der Waals surface area contributed by atoms with Crippen molar-refractivity contribution in [3.8, 4) is 17.0 Å². The Bertz CT molecular complexity index is 1180. The second-order valence-electron chi connectivity index (χ2n) is 8.71. The van der Waals surface area contributed by atoms with Crippen LogP contribution in [0.25, 0.3) is 22.2 Å². The minimum absolute atomic E-state index is 0.181. The van der Waals surface area contributed by atoms with Crippen LogP contribution in [0.15, 0.2) is 24.5 Å². The number of aliphatic hydroxyl groups excluding tert-OH is 1. The monoisotopic (exact) mass is 452 g/mol. The van der Waals surface area contributed by atoms with Crippen LogP contribution in [-0.4, -0.2) is 58.5 Å². The molecule has 9 heteroatoms. The van der Waals surface area contributed by atoms with Crippen molar-refractivity contribution in [1.82, 2.24) is 15.0 Å². The van der Waals surface area contributed by atoms with E-state index in [0.29, 0.717) is 45.1 Å². The first kappa shape index (κ1) is 21.8. The fraction of sp³-hybridized carbons (Fsp3) is 0.458. The summed E-state index contributed by atoms with van der Waals surface area (Å²) in [5, 5.41) is 13.3. The molecule has 33 heavy (non-hydrogen) atoms. The first-order chi connectivity index (χ1) is 15.9. The summed E-state index contributed by atoms with van der Waals surface area (Å²) < 4.78 is 18.1. The Morgan fingerprint density at radius 3 is 3.03 bits per heavy atom. The summed E-state index contributed by atoms with van der Waals surface area (Å²) in [6.07, 6.45) is 5.13. The number of H-pyrrole nitrogens is 1. The molecule has 3 aromatic heterocycles. The first-order valence-electron chi connectivity index (χ1n) is 11.3. The highest BCUT2D eigenvalue weighted by atomic mass is 16.6. The maximum atomic E-state index is 11.5. The van der Waals surface area contributed by atoms with Crippen molar-refractivity contribution in [2.45, 2.75) is 44.8 Å². The van der Waals surface area contributed by atoms with Crippen molar-refractivity contribution < 1.29 is 24.1 Å². The molecule has 174 valence electrons. The number of aliphatic hydroxyl groups is 1. The molecule has 1 saturated heterocycles. The maximum Gasteiger partial charge on any atom is 0.222 e. The van der Waals surface area contributed by atoms with Crippen LogP contribution >= 0.6 is 0 Å². The second kappa shape index (κ2) is 8.74. The Kier molecular flexibility index (Phi) is 5.77. The minimum atomic E-state index is -0.568. The van der Waals surface area contributed by atoms with E-state index in [2.05, 4.69) is 15.3 Å². The third-order valence-corrected chi connectivity index (χ3v) is 6.17. The first-order valence-corrected chi connectivity index (χ1v) is 11.3. The van der Waals surface area contributed by atoms with E-state index in [1.54, 1.807) is 13.1 Å². The van der Waals surface area contributed by atoms with Crippen molar-refractivity contribution >= 4 is 22.6 Å². The quantitative estimate of drug-likeness (QED) is 0.526. The predicted molar refractivity (Wildman–Crippen MR) is 122 cm³/mol. The third kappa shape index (κ3) is 4.19. The summed E-state index contributed by atoms with van der Waals surface area (Å²) >= 11 is 0. The number of rotatable bonds is 6. The van der Waals surface area contributed by atoms with Gasteiger partial charge in [-0.05, 0) is 13.0 Å². The van der Waals surface area contributed by atoms with E-state index >= 15 is 0 Å². The van der Waals surface area contributed by atoms with Crippen LogP contribution in [-0.2, 0) is 26.3 Å². The number of nitrogens with one attached hydrogen (secondary N) is 2. The van der Waals surface area contributed by atoms with Crippen LogP contribution in [0, 0.1) is 0 Å². The number of carbonyl (C=O) groups excluding carboxylic acids is 1.